The van der Waals surface area contributed by atoms with Gasteiger partial charge >= 0.3 is 0 Å². The van der Waals surface area contributed by atoms with Crippen molar-refractivity contribution < 1.29 is 8.42 Å². The zero-order chi connectivity index (χ0) is 15.3. The smallest absolute Gasteiger partial charge is 0.195 e. The Bertz CT molecular complexity index is 604. The monoisotopic (exact) mass is 304 g/mol. The number of nitrogens with zero attached hydrogens (tertiary/aromatic N) is 2. The van der Waals surface area contributed by atoms with E-state index in [4.69, 9.17) is 0 Å². The molecule has 112 valence electrons. The second-order valence-corrected chi connectivity index (χ2v) is 7.13. The Labute approximate surface area is 126 Å². The van der Waals surface area contributed by atoms with Gasteiger partial charge in [-0.2, -0.15) is 17.0 Å². The van der Waals surface area contributed by atoms with Crippen LogP contribution in [0.5, 0.6) is 0 Å². The van der Waals surface area contributed by atoms with Gasteiger partial charge in [0.2, 0.25) is 0 Å². The highest BCUT2D eigenvalue weighted by molar-refractivity contribution is 7.86. The third-order valence-corrected chi connectivity index (χ3v) is 5.12. The van der Waals surface area contributed by atoms with E-state index in [1.807, 2.05) is 60.7 Å². The number of rotatable bonds is 6. The minimum atomic E-state index is -3.47. The van der Waals surface area contributed by atoms with Gasteiger partial charge < -0.3 is 0 Å². The van der Waals surface area contributed by atoms with Gasteiger partial charge in [0.05, 0.1) is 0 Å². The quantitative estimate of drug-likeness (QED) is 0.822. The molecule has 0 heterocycles. The summed E-state index contributed by atoms with van der Waals surface area (Å²) >= 11 is 0. The van der Waals surface area contributed by atoms with Crippen LogP contribution in [0.3, 0.4) is 0 Å². The topological polar surface area (TPSA) is 40.6 Å². The summed E-state index contributed by atoms with van der Waals surface area (Å²) in [7, 11) is -0.267. The van der Waals surface area contributed by atoms with Gasteiger partial charge in [-0.1, -0.05) is 60.7 Å². The molecular weight excluding hydrogens is 284 g/mol. The second-order valence-electron chi connectivity index (χ2n) is 4.99. The molecule has 0 bridgehead atoms. The van der Waals surface area contributed by atoms with Crippen LogP contribution in [0.4, 0.5) is 0 Å². The van der Waals surface area contributed by atoms with Gasteiger partial charge in [0, 0.05) is 27.2 Å². The SMILES string of the molecule is CN(Cc1ccccc1)S(=O)(=O)N(C)Cc1ccccc1. The summed E-state index contributed by atoms with van der Waals surface area (Å²) in [4.78, 5) is 0. The highest BCUT2D eigenvalue weighted by Crippen LogP contribution is 2.13. The maximum atomic E-state index is 12.5. The Hall–Kier alpha value is -1.69. The number of benzene rings is 2. The van der Waals surface area contributed by atoms with E-state index < -0.39 is 10.2 Å². The molecule has 0 unspecified atom stereocenters. The zero-order valence-corrected chi connectivity index (χ0v) is 13.1. The molecule has 2 rings (SSSR count). The molecule has 0 atom stereocenters. The van der Waals surface area contributed by atoms with E-state index in [-0.39, 0.29) is 0 Å². The van der Waals surface area contributed by atoms with Crippen LogP contribution in [0.1, 0.15) is 11.1 Å². The van der Waals surface area contributed by atoms with Crippen LogP contribution in [0, 0.1) is 0 Å². The molecule has 0 saturated carbocycles. The van der Waals surface area contributed by atoms with E-state index in [0.717, 1.165) is 11.1 Å². The lowest BCUT2D eigenvalue weighted by atomic mass is 10.2. The fourth-order valence-electron chi connectivity index (χ4n) is 2.08. The van der Waals surface area contributed by atoms with Crippen molar-refractivity contribution in [3.63, 3.8) is 0 Å². The van der Waals surface area contributed by atoms with E-state index in [0.29, 0.717) is 13.1 Å². The van der Waals surface area contributed by atoms with Gasteiger partial charge in [-0.15, -0.1) is 0 Å². The zero-order valence-electron chi connectivity index (χ0n) is 12.3. The lowest BCUT2D eigenvalue weighted by Crippen LogP contribution is -2.38. The molecule has 2 aromatic rings. The standard InChI is InChI=1S/C16H20N2O2S/c1-17(13-15-9-5-3-6-10-15)21(19,20)18(2)14-16-11-7-4-8-12-16/h3-12H,13-14H2,1-2H3. The molecule has 0 saturated heterocycles. The summed E-state index contributed by atoms with van der Waals surface area (Å²) in [5.74, 6) is 0. The van der Waals surface area contributed by atoms with Crippen molar-refractivity contribution in [2.75, 3.05) is 14.1 Å². The summed E-state index contributed by atoms with van der Waals surface area (Å²) in [5, 5.41) is 0. The molecule has 0 aromatic heterocycles. The average molecular weight is 304 g/mol. The van der Waals surface area contributed by atoms with Crippen molar-refractivity contribution >= 4 is 10.2 Å². The van der Waals surface area contributed by atoms with Crippen molar-refractivity contribution in [1.82, 2.24) is 8.61 Å². The Morgan fingerprint density at radius 1 is 0.714 bits per heavy atom. The van der Waals surface area contributed by atoms with Crippen LogP contribution in [0.15, 0.2) is 60.7 Å². The van der Waals surface area contributed by atoms with Gasteiger partial charge in [0.15, 0.2) is 0 Å². The normalized spacial score (nSPS) is 12.0. The van der Waals surface area contributed by atoms with Crippen molar-refractivity contribution in [2.24, 2.45) is 0 Å². The predicted molar refractivity (Wildman–Crippen MR) is 84.7 cm³/mol. The molecule has 4 nitrogen and oxygen atoms in total. The highest BCUT2D eigenvalue weighted by Gasteiger charge is 2.23. The first kappa shape index (κ1) is 15.7. The first-order valence-electron chi connectivity index (χ1n) is 6.75. The molecule has 21 heavy (non-hydrogen) atoms. The first-order valence-corrected chi connectivity index (χ1v) is 8.15. The Morgan fingerprint density at radius 2 is 1.05 bits per heavy atom. The van der Waals surface area contributed by atoms with Gasteiger partial charge in [-0.05, 0) is 11.1 Å². The lowest BCUT2D eigenvalue weighted by molar-refractivity contribution is 0.386. The Kier molecular flexibility index (Phi) is 5.12. The lowest BCUT2D eigenvalue weighted by Gasteiger charge is -2.24. The summed E-state index contributed by atoms with van der Waals surface area (Å²) in [6.45, 7) is 0.727. The van der Waals surface area contributed by atoms with Crippen molar-refractivity contribution in [1.29, 1.82) is 0 Å². The Morgan fingerprint density at radius 3 is 1.38 bits per heavy atom. The van der Waals surface area contributed by atoms with Crippen LogP contribution in [-0.2, 0) is 23.3 Å². The molecule has 0 fully saturated rings. The molecular formula is C16H20N2O2S. The van der Waals surface area contributed by atoms with Gasteiger partial charge in [0.25, 0.3) is 10.2 Å². The molecule has 0 spiro atoms. The maximum absolute atomic E-state index is 12.5. The number of hydrogen-bond donors (Lipinski definition) is 0. The second kappa shape index (κ2) is 6.85. The summed E-state index contributed by atoms with van der Waals surface area (Å²) in [6.07, 6.45) is 0. The third-order valence-electron chi connectivity index (χ3n) is 3.28. The maximum Gasteiger partial charge on any atom is 0.282 e. The van der Waals surface area contributed by atoms with Crippen LogP contribution in [0.25, 0.3) is 0 Å². The summed E-state index contributed by atoms with van der Waals surface area (Å²) in [6, 6.07) is 19.1. The van der Waals surface area contributed by atoms with Crippen molar-refractivity contribution in [2.45, 2.75) is 13.1 Å². The average Bonchev–Trinajstić information content (AvgIpc) is 2.49. The van der Waals surface area contributed by atoms with Crippen molar-refractivity contribution in [3.05, 3.63) is 71.8 Å². The molecule has 5 heteroatoms. The highest BCUT2D eigenvalue weighted by atomic mass is 32.2. The Balaban J connectivity index is 2.06. The fourth-order valence-corrected chi connectivity index (χ4v) is 3.18. The van der Waals surface area contributed by atoms with E-state index >= 15 is 0 Å². The molecule has 0 aliphatic rings. The minimum Gasteiger partial charge on any atom is -0.195 e. The molecule has 0 radical (unpaired) electrons. The van der Waals surface area contributed by atoms with E-state index in [1.54, 1.807) is 14.1 Å². The van der Waals surface area contributed by atoms with Crippen LogP contribution >= 0.6 is 0 Å². The minimum absolute atomic E-state index is 0.363. The van der Waals surface area contributed by atoms with E-state index in [9.17, 15) is 8.42 Å². The fraction of sp³-hybridized carbons (Fsp3) is 0.250. The summed E-state index contributed by atoms with van der Waals surface area (Å²) < 4.78 is 27.7. The molecule has 0 N–H and O–H groups in total. The summed E-state index contributed by atoms with van der Waals surface area (Å²) in [5.41, 5.74) is 1.94. The van der Waals surface area contributed by atoms with Gasteiger partial charge in [0.1, 0.15) is 0 Å². The van der Waals surface area contributed by atoms with E-state index in [2.05, 4.69) is 0 Å². The van der Waals surface area contributed by atoms with Gasteiger partial charge in [-0.3, -0.25) is 0 Å². The first-order chi connectivity index (χ1) is 10.00. The molecule has 2 aromatic carbocycles. The number of hydrogen-bond acceptors (Lipinski definition) is 2. The molecule has 0 aliphatic carbocycles. The third kappa shape index (κ3) is 4.14. The van der Waals surface area contributed by atoms with Crippen LogP contribution in [0.2, 0.25) is 0 Å². The molecule has 0 amide bonds. The predicted octanol–water partition coefficient (Wildman–Crippen LogP) is 2.50. The van der Waals surface area contributed by atoms with Crippen LogP contribution < -0.4 is 0 Å². The largest absolute Gasteiger partial charge is 0.282 e. The van der Waals surface area contributed by atoms with E-state index in [1.165, 1.54) is 8.61 Å². The van der Waals surface area contributed by atoms with Gasteiger partial charge in [-0.25, -0.2) is 0 Å². The van der Waals surface area contributed by atoms with Crippen LogP contribution in [-0.4, -0.2) is 31.1 Å². The molecule has 0 aliphatic heterocycles. The van der Waals surface area contributed by atoms with Crippen molar-refractivity contribution in [3.8, 4) is 0 Å².